The molecule has 3 N–H and O–H groups in total. The van der Waals surface area contributed by atoms with E-state index in [2.05, 4.69) is 5.32 Å². The van der Waals surface area contributed by atoms with Crippen molar-refractivity contribution in [2.45, 2.75) is 12.8 Å². The molecule has 1 heterocycles. The second-order valence-corrected chi connectivity index (χ2v) is 4.38. The molecule has 1 aromatic carbocycles. The van der Waals surface area contributed by atoms with E-state index >= 15 is 0 Å². The summed E-state index contributed by atoms with van der Waals surface area (Å²) in [5.74, 6) is 0.244. The fraction of sp³-hybridized carbons (Fsp3) is 0.462. The fourth-order valence-corrected chi connectivity index (χ4v) is 2.07. The van der Waals surface area contributed by atoms with Gasteiger partial charge in [-0.25, -0.2) is 0 Å². The van der Waals surface area contributed by atoms with Crippen LogP contribution in [0, 0.1) is 0 Å². The van der Waals surface area contributed by atoms with Crippen LogP contribution in [0.3, 0.4) is 0 Å². The molecule has 17 heavy (non-hydrogen) atoms. The number of aryl methyl sites for hydroxylation is 1. The molecule has 1 aliphatic rings. The minimum atomic E-state index is 0.244. The Kier molecular flexibility index (Phi) is 3.98. The van der Waals surface area contributed by atoms with Crippen molar-refractivity contribution in [3.05, 3.63) is 29.8 Å². The van der Waals surface area contributed by atoms with Gasteiger partial charge in [0.25, 0.3) is 0 Å². The fourth-order valence-electron chi connectivity index (χ4n) is 2.07. The maximum Gasteiger partial charge on any atom is 0.222 e. The first-order valence-corrected chi connectivity index (χ1v) is 6.08. The van der Waals surface area contributed by atoms with Gasteiger partial charge < -0.3 is 16.0 Å². The van der Waals surface area contributed by atoms with Crippen LogP contribution in [0.15, 0.2) is 24.3 Å². The summed E-state index contributed by atoms with van der Waals surface area (Å²) >= 11 is 0. The molecule has 1 aliphatic heterocycles. The molecular weight excluding hydrogens is 214 g/mol. The third-order valence-corrected chi connectivity index (χ3v) is 3.05. The normalized spacial score (nSPS) is 15.9. The summed E-state index contributed by atoms with van der Waals surface area (Å²) in [5, 5.41) is 3.24. The van der Waals surface area contributed by atoms with Gasteiger partial charge in [0, 0.05) is 38.3 Å². The van der Waals surface area contributed by atoms with E-state index < -0.39 is 0 Å². The lowest BCUT2D eigenvalue weighted by molar-refractivity contribution is -0.131. The number of carbonyl (C=O) groups is 1. The van der Waals surface area contributed by atoms with Crippen molar-refractivity contribution in [3.63, 3.8) is 0 Å². The number of nitrogens with two attached hydrogens (primary N) is 1. The van der Waals surface area contributed by atoms with E-state index in [9.17, 15) is 4.79 Å². The zero-order valence-corrected chi connectivity index (χ0v) is 9.98. The number of hydrogen-bond donors (Lipinski definition) is 2. The van der Waals surface area contributed by atoms with E-state index in [0.717, 1.165) is 43.9 Å². The molecule has 0 atom stereocenters. The Morgan fingerprint density at radius 3 is 2.82 bits per heavy atom. The van der Waals surface area contributed by atoms with E-state index in [1.54, 1.807) is 0 Å². The van der Waals surface area contributed by atoms with Crippen molar-refractivity contribution in [2.75, 3.05) is 31.9 Å². The molecule has 2 rings (SSSR count). The highest BCUT2D eigenvalue weighted by atomic mass is 16.2. The zero-order chi connectivity index (χ0) is 12.1. The molecule has 0 aromatic heterocycles. The van der Waals surface area contributed by atoms with Crippen LogP contribution in [0.2, 0.25) is 0 Å². The molecule has 1 aromatic rings. The predicted octanol–water partition coefficient (Wildman–Crippen LogP) is 0.633. The van der Waals surface area contributed by atoms with Crippen LogP contribution in [0.25, 0.3) is 0 Å². The summed E-state index contributed by atoms with van der Waals surface area (Å²) in [6.45, 7) is 3.47. The number of nitrogens with zero attached hydrogens (tertiary/aromatic N) is 1. The summed E-state index contributed by atoms with van der Waals surface area (Å²) < 4.78 is 0. The number of piperazine rings is 1. The van der Waals surface area contributed by atoms with Gasteiger partial charge in [-0.2, -0.15) is 0 Å². The van der Waals surface area contributed by atoms with Crippen LogP contribution in [-0.4, -0.2) is 37.0 Å². The number of carbonyl (C=O) groups excluding carboxylic acids is 1. The Balaban J connectivity index is 1.83. The lowest BCUT2D eigenvalue weighted by Crippen LogP contribution is -2.46. The Labute approximate surface area is 102 Å². The van der Waals surface area contributed by atoms with Crippen molar-refractivity contribution in [3.8, 4) is 0 Å². The Hall–Kier alpha value is -1.55. The molecule has 1 fully saturated rings. The first-order valence-electron chi connectivity index (χ1n) is 6.08. The van der Waals surface area contributed by atoms with Crippen molar-refractivity contribution >= 4 is 11.6 Å². The van der Waals surface area contributed by atoms with Crippen LogP contribution >= 0.6 is 0 Å². The standard InChI is InChI=1S/C13H19N3O/c14-12-3-1-2-11(10-12)4-5-13(17)16-8-6-15-7-9-16/h1-3,10,15H,4-9,14H2. The van der Waals surface area contributed by atoms with E-state index in [-0.39, 0.29) is 5.91 Å². The van der Waals surface area contributed by atoms with Crippen molar-refractivity contribution in [1.29, 1.82) is 0 Å². The van der Waals surface area contributed by atoms with Gasteiger partial charge in [0.1, 0.15) is 0 Å². The summed E-state index contributed by atoms with van der Waals surface area (Å²) in [6, 6.07) is 7.74. The van der Waals surface area contributed by atoms with Crippen molar-refractivity contribution < 1.29 is 4.79 Å². The van der Waals surface area contributed by atoms with Gasteiger partial charge in [-0.1, -0.05) is 12.1 Å². The number of benzene rings is 1. The minimum absolute atomic E-state index is 0.244. The van der Waals surface area contributed by atoms with E-state index in [1.807, 2.05) is 29.2 Å². The molecule has 0 radical (unpaired) electrons. The van der Waals surface area contributed by atoms with Crippen molar-refractivity contribution in [2.24, 2.45) is 0 Å². The highest BCUT2D eigenvalue weighted by Crippen LogP contribution is 2.10. The Bertz CT molecular complexity index is 386. The number of hydrogen-bond acceptors (Lipinski definition) is 3. The molecule has 4 heteroatoms. The highest BCUT2D eigenvalue weighted by Gasteiger charge is 2.15. The van der Waals surface area contributed by atoms with Gasteiger partial charge in [0.05, 0.1) is 0 Å². The van der Waals surface area contributed by atoms with Crippen LogP contribution in [0.4, 0.5) is 5.69 Å². The van der Waals surface area contributed by atoms with Crippen LogP contribution in [0.1, 0.15) is 12.0 Å². The van der Waals surface area contributed by atoms with Gasteiger partial charge in [0.15, 0.2) is 0 Å². The minimum Gasteiger partial charge on any atom is -0.399 e. The molecule has 4 nitrogen and oxygen atoms in total. The SMILES string of the molecule is Nc1cccc(CCC(=O)N2CCNCC2)c1. The molecule has 0 spiro atoms. The van der Waals surface area contributed by atoms with Gasteiger partial charge >= 0.3 is 0 Å². The van der Waals surface area contributed by atoms with Crippen LogP contribution in [-0.2, 0) is 11.2 Å². The number of anilines is 1. The van der Waals surface area contributed by atoms with Crippen molar-refractivity contribution in [1.82, 2.24) is 10.2 Å². The van der Waals surface area contributed by atoms with E-state index in [1.165, 1.54) is 0 Å². The number of nitrogens with one attached hydrogen (secondary N) is 1. The van der Waals surface area contributed by atoms with Gasteiger partial charge in [0.2, 0.25) is 5.91 Å². The second kappa shape index (κ2) is 5.68. The molecule has 0 bridgehead atoms. The smallest absolute Gasteiger partial charge is 0.222 e. The lowest BCUT2D eigenvalue weighted by Gasteiger charge is -2.27. The van der Waals surface area contributed by atoms with E-state index in [0.29, 0.717) is 6.42 Å². The average Bonchev–Trinajstić information content (AvgIpc) is 2.37. The molecule has 0 aliphatic carbocycles. The number of amides is 1. The topological polar surface area (TPSA) is 58.4 Å². The largest absolute Gasteiger partial charge is 0.399 e. The number of nitrogen functional groups attached to an aromatic ring is 1. The molecular formula is C13H19N3O. The van der Waals surface area contributed by atoms with E-state index in [4.69, 9.17) is 5.73 Å². The summed E-state index contributed by atoms with van der Waals surface area (Å²) in [5.41, 5.74) is 7.60. The summed E-state index contributed by atoms with van der Waals surface area (Å²) in [7, 11) is 0. The molecule has 0 saturated carbocycles. The monoisotopic (exact) mass is 233 g/mol. The van der Waals surface area contributed by atoms with Gasteiger partial charge in [-0.05, 0) is 24.1 Å². The lowest BCUT2D eigenvalue weighted by atomic mass is 10.1. The third kappa shape index (κ3) is 3.46. The maximum absolute atomic E-state index is 11.9. The Morgan fingerprint density at radius 1 is 1.35 bits per heavy atom. The quantitative estimate of drug-likeness (QED) is 0.753. The van der Waals surface area contributed by atoms with Gasteiger partial charge in [-0.15, -0.1) is 0 Å². The molecule has 92 valence electrons. The van der Waals surface area contributed by atoms with Crippen LogP contribution in [0.5, 0.6) is 0 Å². The molecule has 1 saturated heterocycles. The van der Waals surface area contributed by atoms with Gasteiger partial charge in [-0.3, -0.25) is 4.79 Å². The third-order valence-electron chi connectivity index (χ3n) is 3.05. The molecule has 0 unspecified atom stereocenters. The molecule has 1 amide bonds. The first-order chi connectivity index (χ1) is 8.25. The highest BCUT2D eigenvalue weighted by molar-refractivity contribution is 5.76. The van der Waals surface area contributed by atoms with Crippen LogP contribution < -0.4 is 11.1 Å². The predicted molar refractivity (Wildman–Crippen MR) is 68.6 cm³/mol. The maximum atomic E-state index is 11.9. The summed E-state index contributed by atoms with van der Waals surface area (Å²) in [6.07, 6.45) is 1.34. The summed E-state index contributed by atoms with van der Waals surface area (Å²) in [4.78, 5) is 13.9. The second-order valence-electron chi connectivity index (χ2n) is 4.38. The Morgan fingerprint density at radius 2 is 2.12 bits per heavy atom. The average molecular weight is 233 g/mol. The zero-order valence-electron chi connectivity index (χ0n) is 9.98. The number of rotatable bonds is 3. The first kappa shape index (κ1) is 11.9.